The summed E-state index contributed by atoms with van der Waals surface area (Å²) < 4.78 is 6.53. The quantitative estimate of drug-likeness (QED) is 0.174. The van der Waals surface area contributed by atoms with Crippen molar-refractivity contribution in [1.29, 1.82) is 0 Å². The van der Waals surface area contributed by atoms with Gasteiger partial charge in [0.1, 0.15) is 11.2 Å². The average Bonchev–Trinajstić information content (AvgIpc) is 3.62. The predicted molar refractivity (Wildman–Crippen MR) is 224 cm³/mol. The van der Waals surface area contributed by atoms with E-state index in [1.165, 1.54) is 43.8 Å². The standard InChI is InChI=1S/C51H35NO/c1-34-11-6-23-48-49-24-10-22-47(51(49)53-50(34)48)38-27-31-41(32-28-38)52(40-29-25-37(26-30-40)45-20-8-14-35-12-2-4-18-43(35)45)42-17-7-16-39(33-42)46-21-9-15-36-13-3-5-19-44(36)46/h2-33H,1H3. The molecule has 1 aromatic heterocycles. The van der Waals surface area contributed by atoms with Crippen LogP contribution in [0.3, 0.4) is 0 Å². The lowest BCUT2D eigenvalue weighted by atomic mass is 9.97. The van der Waals surface area contributed by atoms with Crippen LogP contribution in [-0.4, -0.2) is 0 Å². The van der Waals surface area contributed by atoms with Gasteiger partial charge < -0.3 is 9.32 Å². The SMILES string of the molecule is Cc1cccc2c1oc1c(-c3ccc(N(c4ccc(-c5cccc6ccccc56)cc4)c4cccc(-c5cccc6ccccc56)c4)cc3)cccc12. The van der Waals surface area contributed by atoms with E-state index < -0.39 is 0 Å². The maximum absolute atomic E-state index is 6.53. The molecule has 0 bridgehead atoms. The van der Waals surface area contributed by atoms with Crippen LogP contribution in [0.1, 0.15) is 5.56 Å². The number of hydrogen-bond donors (Lipinski definition) is 0. The molecule has 10 rings (SSSR count). The van der Waals surface area contributed by atoms with E-state index in [0.717, 1.165) is 55.7 Å². The van der Waals surface area contributed by atoms with Gasteiger partial charge in [-0.1, -0.05) is 158 Å². The molecule has 2 nitrogen and oxygen atoms in total. The topological polar surface area (TPSA) is 16.4 Å². The third-order valence-corrected chi connectivity index (χ3v) is 10.6. The molecule has 0 saturated heterocycles. The fraction of sp³-hybridized carbons (Fsp3) is 0.0196. The lowest BCUT2D eigenvalue weighted by Gasteiger charge is -2.26. The largest absolute Gasteiger partial charge is 0.455 e. The molecule has 0 aliphatic carbocycles. The Bertz CT molecular complexity index is 2940. The monoisotopic (exact) mass is 677 g/mol. The minimum absolute atomic E-state index is 0.924. The van der Waals surface area contributed by atoms with Crippen molar-refractivity contribution >= 4 is 60.5 Å². The fourth-order valence-corrected chi connectivity index (χ4v) is 7.98. The number of furan rings is 1. The lowest BCUT2D eigenvalue weighted by Crippen LogP contribution is -2.10. The van der Waals surface area contributed by atoms with Gasteiger partial charge in [0.2, 0.25) is 0 Å². The third-order valence-electron chi connectivity index (χ3n) is 10.6. The van der Waals surface area contributed by atoms with Crippen LogP contribution in [0.4, 0.5) is 17.1 Å². The summed E-state index contributed by atoms with van der Waals surface area (Å²) in [5.74, 6) is 0. The van der Waals surface area contributed by atoms with Gasteiger partial charge in [0.15, 0.2) is 0 Å². The number of anilines is 3. The number of nitrogens with zero attached hydrogens (tertiary/aromatic N) is 1. The third kappa shape index (κ3) is 5.35. The summed E-state index contributed by atoms with van der Waals surface area (Å²) in [5.41, 5.74) is 13.3. The first-order valence-corrected chi connectivity index (χ1v) is 18.2. The van der Waals surface area contributed by atoms with Crippen LogP contribution in [0.5, 0.6) is 0 Å². The lowest BCUT2D eigenvalue weighted by molar-refractivity contribution is 0.667. The Balaban J connectivity index is 1.09. The molecular formula is C51H35NO. The van der Waals surface area contributed by atoms with Gasteiger partial charge in [-0.3, -0.25) is 0 Å². The summed E-state index contributed by atoms with van der Waals surface area (Å²) in [5, 5.41) is 7.28. The first-order chi connectivity index (χ1) is 26.2. The van der Waals surface area contributed by atoms with E-state index in [2.05, 4.69) is 206 Å². The molecule has 10 aromatic rings. The van der Waals surface area contributed by atoms with Crippen molar-refractivity contribution in [2.24, 2.45) is 0 Å². The highest BCUT2D eigenvalue weighted by molar-refractivity contribution is 6.10. The molecule has 0 unspecified atom stereocenters. The summed E-state index contributed by atoms with van der Waals surface area (Å²) in [6, 6.07) is 69.9. The van der Waals surface area contributed by atoms with E-state index in [-0.39, 0.29) is 0 Å². The van der Waals surface area contributed by atoms with Crippen molar-refractivity contribution in [2.45, 2.75) is 6.92 Å². The number of hydrogen-bond acceptors (Lipinski definition) is 2. The summed E-state index contributed by atoms with van der Waals surface area (Å²) in [6.45, 7) is 2.11. The average molecular weight is 678 g/mol. The number of rotatable bonds is 6. The van der Waals surface area contributed by atoms with Crippen molar-refractivity contribution in [1.82, 2.24) is 0 Å². The molecule has 0 saturated carbocycles. The molecule has 0 fully saturated rings. The van der Waals surface area contributed by atoms with Gasteiger partial charge in [-0.2, -0.15) is 0 Å². The van der Waals surface area contributed by atoms with Gasteiger partial charge in [-0.15, -0.1) is 0 Å². The molecule has 0 N–H and O–H groups in total. The van der Waals surface area contributed by atoms with Gasteiger partial charge in [-0.05, 0) is 98.2 Å². The molecule has 250 valence electrons. The molecule has 0 aliphatic rings. The van der Waals surface area contributed by atoms with Crippen LogP contribution < -0.4 is 4.90 Å². The normalized spacial score (nSPS) is 11.5. The number of aryl methyl sites for hydroxylation is 1. The molecule has 53 heavy (non-hydrogen) atoms. The molecular weight excluding hydrogens is 643 g/mol. The van der Waals surface area contributed by atoms with Crippen LogP contribution in [0.15, 0.2) is 199 Å². The number of fused-ring (bicyclic) bond motifs is 5. The van der Waals surface area contributed by atoms with Crippen LogP contribution in [0.25, 0.3) is 76.9 Å². The first kappa shape index (κ1) is 30.9. The van der Waals surface area contributed by atoms with Gasteiger partial charge in [0.25, 0.3) is 0 Å². The molecule has 0 amide bonds. The predicted octanol–water partition coefficient (Wildman–Crippen LogP) is 14.7. The zero-order valence-electron chi connectivity index (χ0n) is 29.3. The zero-order valence-corrected chi connectivity index (χ0v) is 29.3. The Morgan fingerprint density at radius 2 is 0.811 bits per heavy atom. The van der Waals surface area contributed by atoms with E-state index in [0.29, 0.717) is 0 Å². The minimum Gasteiger partial charge on any atom is -0.455 e. The van der Waals surface area contributed by atoms with E-state index in [9.17, 15) is 0 Å². The van der Waals surface area contributed by atoms with Gasteiger partial charge >= 0.3 is 0 Å². The van der Waals surface area contributed by atoms with E-state index >= 15 is 0 Å². The maximum Gasteiger partial charge on any atom is 0.143 e. The summed E-state index contributed by atoms with van der Waals surface area (Å²) >= 11 is 0. The van der Waals surface area contributed by atoms with E-state index in [4.69, 9.17) is 4.42 Å². The summed E-state index contributed by atoms with van der Waals surface area (Å²) in [4.78, 5) is 2.36. The summed E-state index contributed by atoms with van der Waals surface area (Å²) in [6.07, 6.45) is 0. The van der Waals surface area contributed by atoms with Gasteiger partial charge in [0, 0.05) is 33.4 Å². The van der Waals surface area contributed by atoms with Crippen LogP contribution >= 0.6 is 0 Å². The zero-order chi connectivity index (χ0) is 35.3. The van der Waals surface area contributed by atoms with Crippen LogP contribution in [0.2, 0.25) is 0 Å². The van der Waals surface area contributed by atoms with Crippen molar-refractivity contribution < 1.29 is 4.42 Å². The van der Waals surface area contributed by atoms with Gasteiger partial charge in [0.05, 0.1) is 0 Å². The Labute approximate surface area is 308 Å². The Morgan fingerprint density at radius 1 is 0.340 bits per heavy atom. The number of benzene rings is 9. The smallest absolute Gasteiger partial charge is 0.143 e. The highest BCUT2D eigenvalue weighted by Crippen LogP contribution is 2.41. The number of para-hydroxylation sites is 2. The van der Waals surface area contributed by atoms with Crippen molar-refractivity contribution in [3.05, 3.63) is 200 Å². The molecule has 0 atom stereocenters. The van der Waals surface area contributed by atoms with Crippen molar-refractivity contribution in [3.63, 3.8) is 0 Å². The Hall–Kier alpha value is -6.90. The Kier molecular flexibility index (Phi) is 7.40. The first-order valence-electron chi connectivity index (χ1n) is 18.2. The van der Waals surface area contributed by atoms with Crippen LogP contribution in [-0.2, 0) is 0 Å². The second kappa shape index (κ2) is 12.7. The molecule has 2 heteroatoms. The summed E-state index contributed by atoms with van der Waals surface area (Å²) in [7, 11) is 0. The van der Waals surface area contributed by atoms with Crippen molar-refractivity contribution in [3.8, 4) is 33.4 Å². The van der Waals surface area contributed by atoms with E-state index in [1.807, 2.05) is 0 Å². The second-order valence-corrected chi connectivity index (χ2v) is 13.8. The maximum atomic E-state index is 6.53. The van der Waals surface area contributed by atoms with Crippen molar-refractivity contribution in [2.75, 3.05) is 4.90 Å². The van der Waals surface area contributed by atoms with Crippen LogP contribution in [0, 0.1) is 6.92 Å². The fourth-order valence-electron chi connectivity index (χ4n) is 7.98. The minimum atomic E-state index is 0.924. The molecule has 9 aromatic carbocycles. The Morgan fingerprint density at radius 3 is 1.47 bits per heavy atom. The molecule has 0 spiro atoms. The van der Waals surface area contributed by atoms with E-state index in [1.54, 1.807) is 0 Å². The molecule has 0 aliphatic heterocycles. The second-order valence-electron chi connectivity index (χ2n) is 13.8. The highest BCUT2D eigenvalue weighted by atomic mass is 16.3. The molecule has 1 heterocycles. The van der Waals surface area contributed by atoms with Gasteiger partial charge in [-0.25, -0.2) is 0 Å². The molecule has 0 radical (unpaired) electrons. The highest BCUT2D eigenvalue weighted by Gasteiger charge is 2.17.